The molecule has 148 valence electrons. The third kappa shape index (κ3) is 5.86. The lowest BCUT2D eigenvalue weighted by atomic mass is 10.1. The molecule has 0 saturated heterocycles. The summed E-state index contributed by atoms with van der Waals surface area (Å²) in [5.41, 5.74) is 1.71. The van der Waals surface area contributed by atoms with Crippen LogP contribution in [-0.4, -0.2) is 37.0 Å². The van der Waals surface area contributed by atoms with E-state index in [-0.39, 0.29) is 36.1 Å². The summed E-state index contributed by atoms with van der Waals surface area (Å²) in [7, 11) is 1.67. The molecule has 2 aromatic rings. The molecule has 0 fully saturated rings. The maximum Gasteiger partial charge on any atom is 0.191 e. The van der Waals surface area contributed by atoms with Gasteiger partial charge in [0.25, 0.3) is 0 Å². The molecule has 8 heteroatoms. The van der Waals surface area contributed by atoms with E-state index in [4.69, 9.17) is 0 Å². The fourth-order valence-corrected chi connectivity index (χ4v) is 3.99. The Morgan fingerprint density at radius 1 is 1.30 bits per heavy atom. The summed E-state index contributed by atoms with van der Waals surface area (Å²) in [4.78, 5) is 8.10. The van der Waals surface area contributed by atoms with Crippen LogP contribution in [0.1, 0.15) is 22.9 Å². The normalized spacial score (nSPS) is 15.6. The molecule has 2 N–H and O–H groups in total. The maximum atomic E-state index is 13.7. The topological polar surface area (TPSA) is 39.7 Å². The van der Waals surface area contributed by atoms with Crippen LogP contribution in [0.2, 0.25) is 0 Å². The van der Waals surface area contributed by atoms with E-state index >= 15 is 0 Å². The van der Waals surface area contributed by atoms with Crippen LogP contribution in [0.5, 0.6) is 0 Å². The van der Waals surface area contributed by atoms with E-state index in [9.17, 15) is 8.78 Å². The minimum Gasteiger partial charge on any atom is -0.355 e. The molecule has 1 aliphatic heterocycles. The molecule has 3 rings (SSSR count). The largest absolute Gasteiger partial charge is 0.355 e. The fraction of sp³-hybridized carbons (Fsp3) is 0.421. The second kappa shape index (κ2) is 10.3. The summed E-state index contributed by atoms with van der Waals surface area (Å²) >= 11 is 1.84. The van der Waals surface area contributed by atoms with Gasteiger partial charge in [-0.2, -0.15) is 0 Å². The SMILES string of the molecule is CN=C(NCc1cc(F)ccc1F)NCC(C)N1CCc2sccc2C1.I. The van der Waals surface area contributed by atoms with Crippen molar-refractivity contribution in [2.45, 2.75) is 32.5 Å². The Bertz CT molecular complexity index is 781. The van der Waals surface area contributed by atoms with Crippen molar-refractivity contribution < 1.29 is 8.78 Å². The quantitative estimate of drug-likeness (QED) is 0.369. The van der Waals surface area contributed by atoms with Crippen molar-refractivity contribution in [2.24, 2.45) is 4.99 Å². The molecule has 4 nitrogen and oxygen atoms in total. The van der Waals surface area contributed by atoms with Gasteiger partial charge < -0.3 is 10.6 Å². The Kier molecular flexibility index (Phi) is 8.43. The van der Waals surface area contributed by atoms with E-state index in [1.807, 2.05) is 11.3 Å². The highest BCUT2D eigenvalue weighted by atomic mass is 127. The molecule has 2 heterocycles. The number of benzene rings is 1. The van der Waals surface area contributed by atoms with Crippen molar-refractivity contribution in [1.29, 1.82) is 0 Å². The molecule has 27 heavy (non-hydrogen) atoms. The van der Waals surface area contributed by atoms with Crippen molar-refractivity contribution >= 4 is 41.3 Å². The predicted molar refractivity (Wildman–Crippen MR) is 118 cm³/mol. The molecule has 1 atom stereocenters. The van der Waals surface area contributed by atoms with Gasteiger partial charge in [-0.05, 0) is 48.6 Å². The Morgan fingerprint density at radius 3 is 2.89 bits per heavy atom. The summed E-state index contributed by atoms with van der Waals surface area (Å²) in [5.74, 6) is -0.297. The van der Waals surface area contributed by atoms with E-state index in [1.165, 1.54) is 16.5 Å². The van der Waals surface area contributed by atoms with Gasteiger partial charge in [0, 0.05) is 49.7 Å². The molecule has 0 radical (unpaired) electrons. The zero-order valence-corrected chi connectivity index (χ0v) is 18.6. The lowest BCUT2D eigenvalue weighted by Crippen LogP contribution is -2.47. The van der Waals surface area contributed by atoms with Crippen LogP contribution in [0.25, 0.3) is 0 Å². The van der Waals surface area contributed by atoms with Crippen molar-refractivity contribution in [1.82, 2.24) is 15.5 Å². The first-order valence-electron chi connectivity index (χ1n) is 8.74. The molecule has 0 aliphatic carbocycles. The van der Waals surface area contributed by atoms with Crippen LogP contribution in [0.3, 0.4) is 0 Å². The number of rotatable bonds is 5. The minimum atomic E-state index is -0.447. The van der Waals surface area contributed by atoms with Crippen molar-refractivity contribution in [3.8, 4) is 0 Å². The summed E-state index contributed by atoms with van der Waals surface area (Å²) in [6.45, 7) is 5.12. The molecular formula is C19H25F2IN4S. The maximum absolute atomic E-state index is 13.7. The van der Waals surface area contributed by atoms with E-state index in [0.29, 0.717) is 12.0 Å². The molecule has 0 spiro atoms. The van der Waals surface area contributed by atoms with Gasteiger partial charge in [-0.3, -0.25) is 9.89 Å². The first-order valence-corrected chi connectivity index (χ1v) is 9.62. The van der Waals surface area contributed by atoms with E-state index in [2.05, 4.69) is 38.9 Å². The first kappa shape index (κ1) is 22.0. The van der Waals surface area contributed by atoms with Crippen LogP contribution in [0.4, 0.5) is 8.78 Å². The summed E-state index contributed by atoms with van der Waals surface area (Å²) in [6.07, 6.45) is 1.10. The number of nitrogens with one attached hydrogen (secondary N) is 2. The van der Waals surface area contributed by atoms with E-state index in [1.54, 1.807) is 7.05 Å². The monoisotopic (exact) mass is 506 g/mol. The van der Waals surface area contributed by atoms with Gasteiger partial charge in [-0.15, -0.1) is 35.3 Å². The van der Waals surface area contributed by atoms with Gasteiger partial charge >= 0.3 is 0 Å². The molecule has 0 saturated carbocycles. The number of fused-ring (bicyclic) bond motifs is 1. The lowest BCUT2D eigenvalue weighted by molar-refractivity contribution is 0.192. The van der Waals surface area contributed by atoms with Crippen LogP contribution in [-0.2, 0) is 19.5 Å². The van der Waals surface area contributed by atoms with E-state index in [0.717, 1.165) is 38.2 Å². The molecule has 1 aromatic heterocycles. The molecule has 1 unspecified atom stereocenters. The molecule has 1 aliphatic rings. The zero-order valence-electron chi connectivity index (χ0n) is 15.5. The standard InChI is InChI=1S/C19H24F2N4S.HI/c1-13(25-7-5-18-14(12-25)6-8-26-18)10-23-19(22-2)24-11-15-9-16(20)3-4-17(15)21;/h3-4,6,8-9,13H,5,7,10-12H2,1-2H3,(H2,22,23,24);1H. The molecule has 0 bridgehead atoms. The van der Waals surface area contributed by atoms with Crippen LogP contribution < -0.4 is 10.6 Å². The molecular weight excluding hydrogens is 481 g/mol. The fourth-order valence-electron chi connectivity index (χ4n) is 3.10. The number of halogens is 3. The Hall–Kier alpha value is -1.26. The highest BCUT2D eigenvalue weighted by Crippen LogP contribution is 2.24. The summed E-state index contributed by atoms with van der Waals surface area (Å²) < 4.78 is 27.0. The average Bonchev–Trinajstić information content (AvgIpc) is 3.12. The second-order valence-corrected chi connectivity index (χ2v) is 7.48. The number of thiophene rings is 1. The Labute approximate surface area is 180 Å². The summed E-state index contributed by atoms with van der Waals surface area (Å²) in [6, 6.07) is 6.00. The van der Waals surface area contributed by atoms with Gasteiger partial charge in [-0.1, -0.05) is 0 Å². The summed E-state index contributed by atoms with van der Waals surface area (Å²) in [5, 5.41) is 8.47. The molecule has 1 aromatic carbocycles. The minimum absolute atomic E-state index is 0. The number of aliphatic imine (C=N–C) groups is 1. The second-order valence-electron chi connectivity index (χ2n) is 6.48. The van der Waals surface area contributed by atoms with Gasteiger partial charge in [0.1, 0.15) is 11.6 Å². The third-order valence-electron chi connectivity index (χ3n) is 4.70. The smallest absolute Gasteiger partial charge is 0.191 e. The van der Waals surface area contributed by atoms with E-state index < -0.39 is 11.6 Å². The van der Waals surface area contributed by atoms with Crippen LogP contribution >= 0.6 is 35.3 Å². The van der Waals surface area contributed by atoms with Gasteiger partial charge in [0.15, 0.2) is 5.96 Å². The number of nitrogens with zero attached hydrogens (tertiary/aromatic N) is 2. The Morgan fingerprint density at radius 2 is 2.11 bits per heavy atom. The van der Waals surface area contributed by atoms with Crippen molar-refractivity contribution in [3.05, 3.63) is 57.3 Å². The average molecular weight is 506 g/mol. The van der Waals surface area contributed by atoms with Crippen molar-refractivity contribution in [3.63, 3.8) is 0 Å². The van der Waals surface area contributed by atoms with Crippen LogP contribution in [0, 0.1) is 11.6 Å². The van der Waals surface area contributed by atoms with Crippen LogP contribution in [0.15, 0.2) is 34.6 Å². The number of guanidine groups is 1. The lowest BCUT2D eigenvalue weighted by Gasteiger charge is -2.32. The third-order valence-corrected chi connectivity index (χ3v) is 5.73. The number of hydrogen-bond donors (Lipinski definition) is 2. The van der Waals surface area contributed by atoms with Crippen molar-refractivity contribution in [2.75, 3.05) is 20.1 Å². The van der Waals surface area contributed by atoms with Gasteiger partial charge in [0.05, 0.1) is 0 Å². The highest BCUT2D eigenvalue weighted by molar-refractivity contribution is 14.0. The highest BCUT2D eigenvalue weighted by Gasteiger charge is 2.21. The Balaban J connectivity index is 0.00000261. The van der Waals surface area contributed by atoms with Gasteiger partial charge in [-0.25, -0.2) is 8.78 Å². The number of hydrogen-bond acceptors (Lipinski definition) is 3. The van der Waals surface area contributed by atoms with Gasteiger partial charge in [0.2, 0.25) is 0 Å². The molecule has 0 amide bonds. The first-order chi connectivity index (χ1) is 12.6. The predicted octanol–water partition coefficient (Wildman–Crippen LogP) is 3.76. The zero-order chi connectivity index (χ0) is 18.5.